The lowest BCUT2D eigenvalue weighted by Crippen LogP contribution is -2.47. The lowest BCUT2D eigenvalue weighted by Gasteiger charge is -2.37. The molecule has 0 amide bonds. The molecule has 0 bridgehead atoms. The molecule has 0 aliphatic heterocycles. The van der Waals surface area contributed by atoms with Crippen LogP contribution in [-0.2, 0) is 0 Å². The van der Waals surface area contributed by atoms with Crippen molar-refractivity contribution in [2.24, 2.45) is 0 Å². The second-order valence-corrected chi connectivity index (χ2v) is 6.31. The molecule has 1 fully saturated rings. The third kappa shape index (κ3) is 2.93. The van der Waals surface area contributed by atoms with Gasteiger partial charge in [0.25, 0.3) is 0 Å². The van der Waals surface area contributed by atoms with E-state index in [2.05, 4.69) is 46.3 Å². The smallest absolute Gasteiger partial charge is 0.103 e. The Balaban J connectivity index is 2.14. The molecule has 19 heavy (non-hydrogen) atoms. The fraction of sp³-hybridized carbons (Fsp3) is 0.533. The summed E-state index contributed by atoms with van der Waals surface area (Å²) >= 11 is 3.43. The van der Waals surface area contributed by atoms with E-state index in [0.29, 0.717) is 5.56 Å². The maximum atomic E-state index is 9.23. The number of rotatable bonds is 4. The van der Waals surface area contributed by atoms with Crippen LogP contribution in [0.4, 0.5) is 5.69 Å². The molecular formula is C15H20BrN3. The number of halogens is 1. The summed E-state index contributed by atoms with van der Waals surface area (Å²) in [6, 6.07) is 8.10. The minimum absolute atomic E-state index is 0.231. The average molecular weight is 322 g/mol. The Morgan fingerprint density at radius 2 is 2.05 bits per heavy atom. The van der Waals surface area contributed by atoms with E-state index in [0.717, 1.165) is 16.7 Å². The fourth-order valence-electron chi connectivity index (χ4n) is 2.86. The van der Waals surface area contributed by atoms with Gasteiger partial charge in [0.05, 0.1) is 11.3 Å². The molecule has 0 saturated heterocycles. The fourth-order valence-corrected chi connectivity index (χ4v) is 3.31. The highest BCUT2D eigenvalue weighted by Gasteiger charge is 2.35. The lowest BCUT2D eigenvalue weighted by atomic mass is 9.95. The van der Waals surface area contributed by atoms with Crippen LogP contribution in [0.3, 0.4) is 0 Å². The molecule has 1 aromatic carbocycles. The monoisotopic (exact) mass is 321 g/mol. The molecule has 0 radical (unpaired) electrons. The van der Waals surface area contributed by atoms with Gasteiger partial charge in [-0.2, -0.15) is 5.26 Å². The van der Waals surface area contributed by atoms with Crippen molar-refractivity contribution in [3.63, 3.8) is 0 Å². The summed E-state index contributed by atoms with van der Waals surface area (Å²) in [6.45, 7) is 0.894. The van der Waals surface area contributed by atoms with Crippen molar-refractivity contribution in [2.45, 2.75) is 31.2 Å². The minimum Gasteiger partial charge on any atom is -0.382 e. The van der Waals surface area contributed by atoms with E-state index in [-0.39, 0.29) is 5.54 Å². The molecule has 0 unspecified atom stereocenters. The largest absolute Gasteiger partial charge is 0.382 e. The molecule has 3 nitrogen and oxygen atoms in total. The number of benzene rings is 1. The van der Waals surface area contributed by atoms with E-state index in [4.69, 9.17) is 0 Å². The maximum absolute atomic E-state index is 9.23. The van der Waals surface area contributed by atoms with Crippen LogP contribution < -0.4 is 5.32 Å². The number of nitriles is 1. The molecule has 1 saturated carbocycles. The highest BCUT2D eigenvalue weighted by Crippen LogP contribution is 2.34. The third-order valence-electron chi connectivity index (χ3n) is 4.22. The average Bonchev–Trinajstić information content (AvgIpc) is 2.86. The van der Waals surface area contributed by atoms with Crippen LogP contribution in [-0.4, -0.2) is 31.1 Å². The molecule has 0 spiro atoms. The summed E-state index contributed by atoms with van der Waals surface area (Å²) in [6.07, 6.45) is 5.04. The summed E-state index contributed by atoms with van der Waals surface area (Å²) in [5.74, 6) is 0. The highest BCUT2D eigenvalue weighted by atomic mass is 79.9. The first-order chi connectivity index (χ1) is 9.09. The van der Waals surface area contributed by atoms with Gasteiger partial charge >= 0.3 is 0 Å². The third-order valence-corrected chi connectivity index (χ3v) is 4.88. The minimum atomic E-state index is 0.231. The van der Waals surface area contributed by atoms with Crippen LogP contribution in [0.2, 0.25) is 0 Å². The Morgan fingerprint density at radius 3 is 2.63 bits per heavy atom. The molecule has 0 heterocycles. The zero-order chi connectivity index (χ0) is 13.9. The summed E-state index contributed by atoms with van der Waals surface area (Å²) in [7, 11) is 4.30. The maximum Gasteiger partial charge on any atom is 0.103 e. The van der Waals surface area contributed by atoms with Crippen LogP contribution in [0.1, 0.15) is 31.2 Å². The molecule has 4 heteroatoms. The number of hydrogen-bond acceptors (Lipinski definition) is 3. The van der Waals surface area contributed by atoms with Crippen LogP contribution in [0, 0.1) is 11.3 Å². The summed E-state index contributed by atoms with van der Waals surface area (Å²) in [5, 5.41) is 12.7. The van der Waals surface area contributed by atoms with Crippen molar-refractivity contribution in [2.75, 3.05) is 26.0 Å². The zero-order valence-electron chi connectivity index (χ0n) is 11.5. The molecule has 2 rings (SSSR count). The molecular weight excluding hydrogens is 302 g/mol. The Labute approximate surface area is 123 Å². The van der Waals surface area contributed by atoms with Gasteiger partial charge in [-0.3, -0.25) is 0 Å². The first kappa shape index (κ1) is 14.4. The van der Waals surface area contributed by atoms with Gasteiger partial charge in [-0.15, -0.1) is 0 Å². The Hall–Kier alpha value is -1.05. The van der Waals surface area contributed by atoms with Crippen molar-refractivity contribution in [3.8, 4) is 6.07 Å². The van der Waals surface area contributed by atoms with E-state index in [1.165, 1.54) is 25.7 Å². The lowest BCUT2D eigenvalue weighted by molar-refractivity contribution is 0.172. The van der Waals surface area contributed by atoms with Crippen LogP contribution in [0.15, 0.2) is 22.7 Å². The van der Waals surface area contributed by atoms with E-state index in [1.807, 2.05) is 18.2 Å². The van der Waals surface area contributed by atoms with Crippen LogP contribution in [0.25, 0.3) is 0 Å². The molecule has 1 aliphatic rings. The number of hydrogen-bond donors (Lipinski definition) is 1. The molecule has 1 aromatic rings. The van der Waals surface area contributed by atoms with Gasteiger partial charge in [0.1, 0.15) is 6.07 Å². The van der Waals surface area contributed by atoms with Crippen molar-refractivity contribution < 1.29 is 0 Å². The van der Waals surface area contributed by atoms with Gasteiger partial charge in [0.2, 0.25) is 0 Å². The van der Waals surface area contributed by atoms with Crippen LogP contribution in [0.5, 0.6) is 0 Å². The van der Waals surface area contributed by atoms with Gasteiger partial charge in [0.15, 0.2) is 0 Å². The molecule has 1 N–H and O–H groups in total. The van der Waals surface area contributed by atoms with E-state index < -0.39 is 0 Å². The van der Waals surface area contributed by atoms with Crippen LogP contribution >= 0.6 is 15.9 Å². The van der Waals surface area contributed by atoms with Crippen molar-refractivity contribution in [1.82, 2.24) is 4.90 Å². The Kier molecular flexibility index (Phi) is 4.49. The highest BCUT2D eigenvalue weighted by molar-refractivity contribution is 9.10. The second-order valence-electron chi connectivity index (χ2n) is 5.45. The van der Waals surface area contributed by atoms with Gasteiger partial charge in [0, 0.05) is 16.6 Å². The molecule has 1 aliphatic carbocycles. The van der Waals surface area contributed by atoms with Crippen molar-refractivity contribution in [3.05, 3.63) is 28.2 Å². The number of anilines is 1. The second kappa shape index (κ2) is 5.94. The summed E-state index contributed by atoms with van der Waals surface area (Å²) < 4.78 is 0.852. The van der Waals surface area contributed by atoms with E-state index >= 15 is 0 Å². The predicted octanol–water partition coefficient (Wildman–Crippen LogP) is 3.61. The molecule has 102 valence electrons. The van der Waals surface area contributed by atoms with Gasteiger partial charge in [-0.1, -0.05) is 18.9 Å². The SMILES string of the molecule is CN(C)C1(CNc2cccc(Br)c2C#N)CCCC1. The first-order valence-corrected chi connectivity index (χ1v) is 7.48. The van der Waals surface area contributed by atoms with E-state index in [1.54, 1.807) is 0 Å². The zero-order valence-corrected chi connectivity index (χ0v) is 13.1. The van der Waals surface area contributed by atoms with Gasteiger partial charge in [-0.25, -0.2) is 0 Å². The Bertz CT molecular complexity index is 485. The topological polar surface area (TPSA) is 39.1 Å². The first-order valence-electron chi connectivity index (χ1n) is 6.69. The molecule has 0 atom stereocenters. The summed E-state index contributed by atoms with van der Waals surface area (Å²) in [4.78, 5) is 2.33. The number of nitrogens with zero attached hydrogens (tertiary/aromatic N) is 2. The number of nitrogens with one attached hydrogen (secondary N) is 1. The number of likely N-dealkylation sites (N-methyl/N-ethyl adjacent to an activating group) is 1. The summed E-state index contributed by atoms with van der Waals surface area (Å²) in [5.41, 5.74) is 1.84. The van der Waals surface area contributed by atoms with E-state index in [9.17, 15) is 5.26 Å². The van der Waals surface area contributed by atoms with Gasteiger partial charge < -0.3 is 10.2 Å². The Morgan fingerprint density at radius 1 is 1.37 bits per heavy atom. The predicted molar refractivity (Wildman–Crippen MR) is 82.2 cm³/mol. The normalized spacial score (nSPS) is 17.4. The van der Waals surface area contributed by atoms with Crippen molar-refractivity contribution >= 4 is 21.6 Å². The van der Waals surface area contributed by atoms with Gasteiger partial charge in [-0.05, 0) is 55.0 Å². The van der Waals surface area contributed by atoms with Crippen molar-refractivity contribution in [1.29, 1.82) is 5.26 Å². The quantitative estimate of drug-likeness (QED) is 0.920. The molecule has 0 aromatic heterocycles. The standard InChI is InChI=1S/C15H20BrN3/c1-19(2)15(8-3-4-9-15)11-18-14-7-5-6-13(16)12(14)10-17/h5-7,18H,3-4,8-9,11H2,1-2H3.